The number of anilines is 1. The molecule has 1 heterocycles. The molecule has 0 aliphatic heterocycles. The largest absolute Gasteiger partial charge is 0.508 e. The number of nitrogens with one attached hydrogen (secondary N) is 1. The fraction of sp³-hybridized carbons (Fsp3) is 0.464. The van der Waals surface area contributed by atoms with E-state index in [9.17, 15) is 34.8 Å². The molecule has 11 nitrogen and oxygen atoms in total. The van der Waals surface area contributed by atoms with E-state index in [1.54, 1.807) is 0 Å². The fourth-order valence-electron chi connectivity index (χ4n) is 6.57. The number of ketones is 2. The number of fused-ring (bicyclic) bond motifs is 3. The molecular weight excluding hydrogens is 504 g/mol. The molecule has 3 aliphatic carbocycles. The fourth-order valence-corrected chi connectivity index (χ4v) is 6.57. The standard InChI is InChI=1S/C28H34N4O7/c1-31(2)18-9-14(11-30-12-16-5-4-6-32(16)3)23(34)21-17(18)8-13-7-15-10-19(33)22(27(29)38)26(37)28(15,39)25(36)20(13)24(21)35/h4-6,9,13,15,19,22,30,33-34,36,39H,7-8,10-12H2,1-3H3,(H2,29,38)/t13-,15+,19?,22?,28+/m1/s1. The molecular formula is C28H34N4O7. The molecule has 0 spiro atoms. The number of rotatable bonds is 6. The average Bonchev–Trinajstić information content (AvgIpc) is 3.26. The van der Waals surface area contributed by atoms with Gasteiger partial charge in [-0.3, -0.25) is 14.4 Å². The van der Waals surface area contributed by atoms with Crippen LogP contribution in [0.15, 0.2) is 35.7 Å². The molecule has 0 radical (unpaired) electrons. The average molecular weight is 539 g/mol. The van der Waals surface area contributed by atoms with Gasteiger partial charge in [-0.15, -0.1) is 0 Å². The zero-order chi connectivity index (χ0) is 28.4. The van der Waals surface area contributed by atoms with Crippen molar-refractivity contribution in [3.63, 3.8) is 0 Å². The summed E-state index contributed by atoms with van der Waals surface area (Å²) in [5, 5.41) is 47.7. The van der Waals surface area contributed by atoms with E-state index in [2.05, 4.69) is 5.32 Å². The summed E-state index contributed by atoms with van der Waals surface area (Å²) >= 11 is 0. The van der Waals surface area contributed by atoms with Crippen LogP contribution in [-0.4, -0.2) is 68.3 Å². The van der Waals surface area contributed by atoms with Crippen LogP contribution < -0.4 is 16.0 Å². The molecule has 2 aromatic rings. The number of phenolic OH excluding ortho intramolecular Hbond substituents is 1. The van der Waals surface area contributed by atoms with Gasteiger partial charge in [0.2, 0.25) is 5.91 Å². The summed E-state index contributed by atoms with van der Waals surface area (Å²) in [5.41, 5.74) is 5.53. The minimum absolute atomic E-state index is 0.0199. The molecule has 0 saturated heterocycles. The molecule has 5 atom stereocenters. The highest BCUT2D eigenvalue weighted by atomic mass is 16.3. The lowest BCUT2D eigenvalue weighted by molar-refractivity contribution is -0.167. The van der Waals surface area contributed by atoms with Crippen LogP contribution in [0.2, 0.25) is 0 Å². The molecule has 7 N–H and O–H groups in total. The molecule has 1 aromatic carbocycles. The Hall–Kier alpha value is -3.67. The van der Waals surface area contributed by atoms with E-state index in [1.165, 1.54) is 0 Å². The molecule has 3 aliphatic rings. The van der Waals surface area contributed by atoms with Gasteiger partial charge in [0.15, 0.2) is 17.2 Å². The van der Waals surface area contributed by atoms with Crippen molar-refractivity contribution in [2.24, 2.45) is 30.5 Å². The minimum Gasteiger partial charge on any atom is -0.508 e. The Balaban J connectivity index is 1.56. The number of allylic oxidation sites excluding steroid dienone is 1. The van der Waals surface area contributed by atoms with Crippen LogP contribution in [0.4, 0.5) is 5.69 Å². The highest BCUT2D eigenvalue weighted by Gasteiger charge is 2.62. The minimum atomic E-state index is -2.52. The van der Waals surface area contributed by atoms with Crippen molar-refractivity contribution in [3.05, 3.63) is 58.1 Å². The van der Waals surface area contributed by atoms with Crippen molar-refractivity contribution < 1.29 is 34.8 Å². The number of hydrogen-bond donors (Lipinski definition) is 6. The second kappa shape index (κ2) is 9.51. The van der Waals surface area contributed by atoms with E-state index in [-0.39, 0.29) is 42.7 Å². The topological polar surface area (TPSA) is 178 Å². The zero-order valence-electron chi connectivity index (χ0n) is 22.1. The van der Waals surface area contributed by atoms with E-state index in [4.69, 9.17) is 5.73 Å². The van der Waals surface area contributed by atoms with Crippen LogP contribution in [0.3, 0.4) is 0 Å². The quantitative estimate of drug-likeness (QED) is 0.285. The van der Waals surface area contributed by atoms with E-state index in [0.29, 0.717) is 17.7 Å². The third-order valence-electron chi connectivity index (χ3n) is 8.60. The maximum absolute atomic E-state index is 13.9. The molecule has 1 amide bonds. The third kappa shape index (κ3) is 4.03. The molecule has 0 bridgehead atoms. The molecule has 1 saturated carbocycles. The first-order chi connectivity index (χ1) is 18.4. The number of primary amides is 1. The monoisotopic (exact) mass is 538 g/mol. The van der Waals surface area contributed by atoms with Gasteiger partial charge in [-0.25, -0.2) is 0 Å². The Bertz CT molecular complexity index is 1410. The number of aromatic hydroxyl groups is 1. The lowest BCUT2D eigenvalue weighted by Gasteiger charge is -2.48. The number of carbonyl (C=O) groups is 3. The number of aliphatic hydroxyl groups excluding tert-OH is 2. The van der Waals surface area contributed by atoms with Gasteiger partial charge in [0.1, 0.15) is 17.4 Å². The van der Waals surface area contributed by atoms with Crippen molar-refractivity contribution in [2.45, 2.75) is 44.1 Å². The number of nitrogens with two attached hydrogens (primary N) is 1. The predicted octanol–water partition coefficient (Wildman–Crippen LogP) is 0.440. The van der Waals surface area contributed by atoms with E-state index >= 15 is 0 Å². The Morgan fingerprint density at radius 1 is 1.23 bits per heavy atom. The highest BCUT2D eigenvalue weighted by molar-refractivity contribution is 6.16. The summed E-state index contributed by atoms with van der Waals surface area (Å²) in [6.07, 6.45) is 0.798. The first-order valence-corrected chi connectivity index (χ1v) is 13.0. The number of aliphatic hydroxyl groups is 3. The van der Waals surface area contributed by atoms with Gasteiger partial charge in [0, 0.05) is 68.9 Å². The lowest BCUT2D eigenvalue weighted by atomic mass is 9.57. The van der Waals surface area contributed by atoms with Crippen LogP contribution in [0.25, 0.3) is 0 Å². The molecule has 208 valence electrons. The van der Waals surface area contributed by atoms with Gasteiger partial charge in [0.25, 0.3) is 0 Å². The van der Waals surface area contributed by atoms with Crippen LogP contribution in [0.5, 0.6) is 5.75 Å². The first kappa shape index (κ1) is 26.9. The summed E-state index contributed by atoms with van der Waals surface area (Å²) in [5.74, 6) is -7.11. The summed E-state index contributed by atoms with van der Waals surface area (Å²) in [7, 11) is 5.60. The smallest absolute Gasteiger partial charge is 0.230 e. The SMILES string of the molecule is CN(C)c1cc(CNCc2cccn2C)c(O)c2c1C[C@H]1C[C@H]3CC(O)C(C(N)=O)C(=O)[C@@]3(O)C(O)=C1C2=O. The molecule has 11 heteroatoms. The third-order valence-corrected chi connectivity index (χ3v) is 8.60. The Labute approximate surface area is 225 Å². The lowest BCUT2D eigenvalue weighted by Crippen LogP contribution is -2.63. The van der Waals surface area contributed by atoms with E-state index in [1.807, 2.05) is 55.0 Å². The normalized spacial score (nSPS) is 28.1. The van der Waals surface area contributed by atoms with Gasteiger partial charge < -0.3 is 40.9 Å². The summed E-state index contributed by atoms with van der Waals surface area (Å²) in [6.45, 7) is 0.790. The van der Waals surface area contributed by atoms with Crippen molar-refractivity contribution in [3.8, 4) is 5.75 Å². The molecule has 2 unspecified atom stereocenters. The number of benzene rings is 1. The number of Topliss-reactive ketones (excluding diaryl/α,β-unsaturated/α-hetero) is 2. The summed E-state index contributed by atoms with van der Waals surface area (Å²) < 4.78 is 1.97. The van der Waals surface area contributed by atoms with E-state index in [0.717, 1.165) is 11.4 Å². The Morgan fingerprint density at radius 2 is 1.95 bits per heavy atom. The van der Waals surface area contributed by atoms with Crippen LogP contribution >= 0.6 is 0 Å². The van der Waals surface area contributed by atoms with Crippen molar-refractivity contribution in [1.29, 1.82) is 0 Å². The van der Waals surface area contributed by atoms with Gasteiger partial charge in [-0.2, -0.15) is 0 Å². The molecule has 39 heavy (non-hydrogen) atoms. The highest BCUT2D eigenvalue weighted by Crippen LogP contribution is 2.52. The van der Waals surface area contributed by atoms with Crippen LogP contribution in [0.1, 0.15) is 40.0 Å². The van der Waals surface area contributed by atoms with Crippen LogP contribution in [-0.2, 0) is 36.1 Å². The molecule has 1 aromatic heterocycles. The second-order valence-corrected chi connectivity index (χ2v) is 11.1. The Kier molecular flexibility index (Phi) is 6.56. The van der Waals surface area contributed by atoms with Gasteiger partial charge in [-0.05, 0) is 48.9 Å². The predicted molar refractivity (Wildman–Crippen MR) is 141 cm³/mol. The van der Waals surface area contributed by atoms with Gasteiger partial charge >= 0.3 is 0 Å². The number of hydrogen-bond acceptors (Lipinski definition) is 9. The number of aromatic nitrogens is 1. The summed E-state index contributed by atoms with van der Waals surface area (Å²) in [6, 6.07) is 5.73. The van der Waals surface area contributed by atoms with Gasteiger partial charge in [-0.1, -0.05) is 0 Å². The number of phenols is 1. The second-order valence-electron chi connectivity index (χ2n) is 11.1. The first-order valence-electron chi connectivity index (χ1n) is 13.0. The van der Waals surface area contributed by atoms with Crippen molar-refractivity contribution >= 4 is 23.2 Å². The number of nitrogens with zero attached hydrogens (tertiary/aromatic N) is 2. The number of amides is 1. The Morgan fingerprint density at radius 3 is 2.56 bits per heavy atom. The van der Waals surface area contributed by atoms with E-state index < -0.39 is 52.7 Å². The van der Waals surface area contributed by atoms with Crippen molar-refractivity contribution in [2.75, 3.05) is 19.0 Å². The van der Waals surface area contributed by atoms with Crippen LogP contribution in [0, 0.1) is 17.8 Å². The number of carbonyl (C=O) groups excluding carboxylic acids is 3. The number of aryl methyl sites for hydroxylation is 1. The zero-order valence-corrected chi connectivity index (χ0v) is 22.1. The summed E-state index contributed by atoms with van der Waals surface area (Å²) in [4.78, 5) is 40.9. The van der Waals surface area contributed by atoms with Gasteiger partial charge in [0.05, 0.1) is 11.7 Å². The van der Waals surface area contributed by atoms with Crippen molar-refractivity contribution in [1.82, 2.24) is 9.88 Å². The molecule has 1 fully saturated rings. The maximum atomic E-state index is 13.9. The molecule has 5 rings (SSSR count). The maximum Gasteiger partial charge on any atom is 0.230 e.